The lowest BCUT2D eigenvalue weighted by atomic mass is 9.47. The van der Waals surface area contributed by atoms with E-state index >= 15 is 0 Å². The third kappa shape index (κ3) is 3.49. The van der Waals surface area contributed by atoms with Crippen LogP contribution in [-0.4, -0.2) is 23.9 Å². The summed E-state index contributed by atoms with van der Waals surface area (Å²) < 4.78 is 0. The maximum absolute atomic E-state index is 10.3. The largest absolute Gasteiger partial charge is 0.393 e. The van der Waals surface area contributed by atoms with E-state index in [0.29, 0.717) is 35.2 Å². The molecule has 174 valence electrons. The molecule has 1 heterocycles. The molecule has 0 radical (unpaired) electrons. The number of hydrogen-bond acceptors (Lipinski definition) is 3. The second-order valence-corrected chi connectivity index (χ2v) is 12.5. The van der Waals surface area contributed by atoms with Crippen LogP contribution in [0, 0.1) is 46.3 Å². The van der Waals surface area contributed by atoms with Crippen molar-refractivity contribution in [1.82, 2.24) is 0 Å². The van der Waals surface area contributed by atoms with E-state index in [1.165, 1.54) is 44.1 Å². The van der Waals surface area contributed by atoms with Crippen LogP contribution in [0.25, 0.3) is 0 Å². The Labute approximate surface area is 189 Å². The highest BCUT2D eigenvalue weighted by Crippen LogP contribution is 2.67. The normalized spacial score (nSPS) is 48.4. The molecule has 3 saturated carbocycles. The van der Waals surface area contributed by atoms with Crippen LogP contribution in [0.5, 0.6) is 0 Å². The first-order valence-corrected chi connectivity index (χ1v) is 13.1. The van der Waals surface area contributed by atoms with Gasteiger partial charge in [-0.1, -0.05) is 52.3 Å². The van der Waals surface area contributed by atoms with Crippen LogP contribution in [0.15, 0.2) is 23.3 Å². The summed E-state index contributed by atoms with van der Waals surface area (Å²) in [5.74, 6) is 4.20. The zero-order chi connectivity index (χ0) is 22.0. The third-order valence-corrected chi connectivity index (χ3v) is 10.8. The minimum Gasteiger partial charge on any atom is -0.393 e. The van der Waals surface area contributed by atoms with Crippen LogP contribution < -0.4 is 0 Å². The van der Waals surface area contributed by atoms with E-state index in [-0.39, 0.29) is 12.2 Å². The molecule has 1 aliphatic heterocycles. The smallest absolute Gasteiger partial charge is 0.114 e. The number of allylic oxidation sites excluding steroid dienone is 1. The molecule has 5 aliphatic rings. The SMILES string of the molecule is CC(C)C1=CC(C(C)C2CCC3C4CC=C5CC(O)CCC5(C)C4CCC23C)OOC1. The van der Waals surface area contributed by atoms with Crippen molar-refractivity contribution in [1.29, 1.82) is 0 Å². The maximum Gasteiger partial charge on any atom is 0.114 e. The van der Waals surface area contributed by atoms with Crippen molar-refractivity contribution in [3.05, 3.63) is 23.3 Å². The second kappa shape index (κ2) is 7.99. The molecule has 3 nitrogen and oxygen atoms in total. The van der Waals surface area contributed by atoms with Crippen LogP contribution >= 0.6 is 0 Å². The van der Waals surface area contributed by atoms with Crippen molar-refractivity contribution >= 4 is 0 Å². The molecule has 0 bridgehead atoms. The van der Waals surface area contributed by atoms with Crippen molar-refractivity contribution in [2.24, 2.45) is 46.3 Å². The Morgan fingerprint density at radius 2 is 1.84 bits per heavy atom. The molecule has 0 aromatic heterocycles. The average Bonchev–Trinajstić information content (AvgIpc) is 3.11. The molecule has 0 aromatic carbocycles. The van der Waals surface area contributed by atoms with Gasteiger partial charge in [0.2, 0.25) is 0 Å². The monoisotopic (exact) mass is 428 g/mol. The number of aliphatic hydroxyl groups excluding tert-OH is 1. The summed E-state index contributed by atoms with van der Waals surface area (Å²) in [5.41, 5.74) is 3.73. The molecule has 5 rings (SSSR count). The maximum atomic E-state index is 10.3. The fourth-order valence-electron chi connectivity index (χ4n) is 8.84. The van der Waals surface area contributed by atoms with E-state index in [9.17, 15) is 5.11 Å². The van der Waals surface area contributed by atoms with Crippen molar-refractivity contribution in [3.63, 3.8) is 0 Å². The summed E-state index contributed by atoms with van der Waals surface area (Å²) in [4.78, 5) is 11.4. The Balaban J connectivity index is 1.37. The zero-order valence-electron chi connectivity index (χ0n) is 20.4. The van der Waals surface area contributed by atoms with E-state index in [1.807, 2.05) is 0 Å². The van der Waals surface area contributed by atoms with Gasteiger partial charge in [-0.15, -0.1) is 0 Å². The van der Waals surface area contributed by atoms with E-state index in [0.717, 1.165) is 30.6 Å². The van der Waals surface area contributed by atoms with Crippen LogP contribution in [0.4, 0.5) is 0 Å². The van der Waals surface area contributed by atoms with Crippen molar-refractivity contribution in [2.45, 2.75) is 98.2 Å². The Morgan fingerprint density at radius 3 is 2.61 bits per heavy atom. The van der Waals surface area contributed by atoms with Crippen LogP contribution in [0.2, 0.25) is 0 Å². The highest BCUT2D eigenvalue weighted by Gasteiger charge is 2.59. The first-order valence-electron chi connectivity index (χ1n) is 13.1. The molecular formula is C28H44O3. The topological polar surface area (TPSA) is 38.7 Å². The summed E-state index contributed by atoms with van der Waals surface area (Å²) in [6, 6.07) is 0. The fourth-order valence-corrected chi connectivity index (χ4v) is 8.84. The number of fused-ring (bicyclic) bond motifs is 5. The third-order valence-electron chi connectivity index (χ3n) is 10.8. The Morgan fingerprint density at radius 1 is 1.03 bits per heavy atom. The van der Waals surface area contributed by atoms with Crippen LogP contribution in [-0.2, 0) is 9.78 Å². The number of rotatable bonds is 3. The van der Waals surface area contributed by atoms with Gasteiger partial charge in [-0.05, 0) is 103 Å². The lowest BCUT2D eigenvalue weighted by Gasteiger charge is -2.58. The summed E-state index contributed by atoms with van der Waals surface area (Å²) in [6.07, 6.45) is 14.7. The summed E-state index contributed by atoms with van der Waals surface area (Å²) >= 11 is 0. The first kappa shape index (κ1) is 22.2. The standard InChI is InChI=1S/C28H44O3/c1-17(2)19-14-26(31-30-16-19)18(3)23-8-9-24-22-7-6-20-15-21(29)10-12-27(20,4)25(22)11-13-28(23,24)5/h6,14,17-18,21-26,29H,7-13,15-16H2,1-5H3. The average molecular weight is 429 g/mol. The number of aliphatic hydroxyl groups is 1. The van der Waals surface area contributed by atoms with Gasteiger partial charge in [0.1, 0.15) is 12.7 Å². The molecular weight excluding hydrogens is 384 g/mol. The lowest BCUT2D eigenvalue weighted by molar-refractivity contribution is -0.328. The summed E-state index contributed by atoms with van der Waals surface area (Å²) in [6.45, 7) is 12.7. The second-order valence-electron chi connectivity index (χ2n) is 12.5. The highest BCUT2D eigenvalue weighted by molar-refractivity contribution is 5.25. The van der Waals surface area contributed by atoms with Crippen LogP contribution in [0.1, 0.15) is 86.0 Å². The Kier molecular flexibility index (Phi) is 5.71. The molecule has 1 N–H and O–H groups in total. The van der Waals surface area contributed by atoms with Crippen molar-refractivity contribution in [3.8, 4) is 0 Å². The minimum absolute atomic E-state index is 0.0969. The van der Waals surface area contributed by atoms with Gasteiger partial charge in [-0.2, -0.15) is 0 Å². The Bertz CT molecular complexity index is 753. The quantitative estimate of drug-likeness (QED) is 0.413. The van der Waals surface area contributed by atoms with Gasteiger partial charge in [-0.3, -0.25) is 0 Å². The van der Waals surface area contributed by atoms with E-state index < -0.39 is 0 Å². The molecule has 0 aromatic rings. The van der Waals surface area contributed by atoms with E-state index in [2.05, 4.69) is 46.8 Å². The van der Waals surface area contributed by atoms with Crippen molar-refractivity contribution in [2.75, 3.05) is 6.61 Å². The van der Waals surface area contributed by atoms with Crippen LogP contribution in [0.3, 0.4) is 0 Å². The highest BCUT2D eigenvalue weighted by atomic mass is 17.2. The van der Waals surface area contributed by atoms with Crippen molar-refractivity contribution < 1.29 is 14.9 Å². The lowest BCUT2D eigenvalue weighted by Crippen LogP contribution is -2.51. The van der Waals surface area contributed by atoms with Gasteiger partial charge in [0.05, 0.1) is 6.10 Å². The van der Waals surface area contributed by atoms with Gasteiger partial charge in [0.25, 0.3) is 0 Å². The zero-order valence-corrected chi connectivity index (χ0v) is 20.4. The number of hydrogen-bond donors (Lipinski definition) is 1. The first-order chi connectivity index (χ1) is 14.7. The van der Waals surface area contributed by atoms with Gasteiger partial charge < -0.3 is 5.11 Å². The molecule has 0 spiro atoms. The summed E-state index contributed by atoms with van der Waals surface area (Å²) in [7, 11) is 0. The van der Waals surface area contributed by atoms with E-state index in [1.54, 1.807) is 5.57 Å². The van der Waals surface area contributed by atoms with Gasteiger partial charge >= 0.3 is 0 Å². The molecule has 3 fully saturated rings. The Hall–Kier alpha value is -0.640. The molecule has 0 amide bonds. The minimum atomic E-state index is -0.108. The predicted molar refractivity (Wildman–Crippen MR) is 124 cm³/mol. The fraction of sp³-hybridized carbons (Fsp3) is 0.857. The summed E-state index contributed by atoms with van der Waals surface area (Å²) in [5, 5.41) is 10.3. The molecule has 31 heavy (non-hydrogen) atoms. The van der Waals surface area contributed by atoms with E-state index in [4.69, 9.17) is 9.78 Å². The van der Waals surface area contributed by atoms with Gasteiger partial charge in [0, 0.05) is 0 Å². The molecule has 0 saturated heterocycles. The molecule has 4 aliphatic carbocycles. The molecule has 9 unspecified atom stereocenters. The predicted octanol–water partition coefficient (Wildman–Crippen LogP) is 6.48. The molecule has 3 heteroatoms. The van der Waals surface area contributed by atoms with Gasteiger partial charge in [-0.25, -0.2) is 9.78 Å². The van der Waals surface area contributed by atoms with Gasteiger partial charge in [0.15, 0.2) is 0 Å². The molecule has 9 atom stereocenters.